The summed E-state index contributed by atoms with van der Waals surface area (Å²) in [4.78, 5) is 13.7. The van der Waals surface area contributed by atoms with Crippen LogP contribution in [0.3, 0.4) is 0 Å². The van der Waals surface area contributed by atoms with Crippen LogP contribution in [0, 0.1) is 13.8 Å². The summed E-state index contributed by atoms with van der Waals surface area (Å²) < 4.78 is 23.8. The van der Waals surface area contributed by atoms with E-state index in [1.807, 2.05) is 31.2 Å². The van der Waals surface area contributed by atoms with E-state index in [0.717, 1.165) is 42.3 Å². The van der Waals surface area contributed by atoms with Gasteiger partial charge in [-0.25, -0.2) is 4.98 Å². The second-order valence-electron chi connectivity index (χ2n) is 10.3. The highest BCUT2D eigenvalue weighted by Crippen LogP contribution is 2.28. The van der Waals surface area contributed by atoms with Crippen LogP contribution in [0.2, 0.25) is 0 Å². The van der Waals surface area contributed by atoms with E-state index in [2.05, 4.69) is 57.0 Å². The highest BCUT2D eigenvalue weighted by Gasteiger charge is 2.24. The Labute approximate surface area is 244 Å². The number of pyridine rings is 2. The van der Waals surface area contributed by atoms with Crippen LogP contribution < -0.4 is 0 Å². The summed E-state index contributed by atoms with van der Waals surface area (Å²) in [7, 11) is 0. The molecule has 0 radical (unpaired) electrons. The van der Waals surface area contributed by atoms with Crippen LogP contribution in [-0.2, 0) is 25.5 Å². The number of nitrogens with zero attached hydrogens (tertiary/aromatic N) is 4. The predicted octanol–water partition coefficient (Wildman–Crippen LogP) is 3.77. The monoisotopic (exact) mass is 564 g/mol. The first-order valence-corrected chi connectivity index (χ1v) is 14.5. The van der Waals surface area contributed by atoms with Gasteiger partial charge in [0.05, 0.1) is 70.3 Å². The molecular formula is C32H44N4O5. The fourth-order valence-corrected chi connectivity index (χ4v) is 4.86. The fraction of sp³-hybridized carbons (Fsp3) is 0.500. The molecular weight excluding hydrogens is 520 g/mol. The third-order valence-corrected chi connectivity index (χ3v) is 7.02. The van der Waals surface area contributed by atoms with Crippen LogP contribution in [0.5, 0.6) is 5.88 Å². The summed E-state index contributed by atoms with van der Waals surface area (Å²) in [6, 6.07) is 19.8. The van der Waals surface area contributed by atoms with E-state index in [0.29, 0.717) is 65.9 Å². The first kappa shape index (κ1) is 31.0. The molecule has 9 nitrogen and oxygen atoms in total. The summed E-state index contributed by atoms with van der Waals surface area (Å²) in [6.45, 7) is 12.2. The van der Waals surface area contributed by atoms with Gasteiger partial charge in [-0.3, -0.25) is 14.8 Å². The van der Waals surface area contributed by atoms with Crippen LogP contribution in [0.25, 0.3) is 0 Å². The van der Waals surface area contributed by atoms with E-state index in [-0.39, 0.29) is 11.9 Å². The first-order chi connectivity index (χ1) is 20.1. The van der Waals surface area contributed by atoms with E-state index >= 15 is 0 Å². The molecule has 1 aliphatic heterocycles. The van der Waals surface area contributed by atoms with Crippen molar-refractivity contribution >= 4 is 0 Å². The fourth-order valence-electron chi connectivity index (χ4n) is 4.86. The van der Waals surface area contributed by atoms with Crippen molar-refractivity contribution in [2.75, 3.05) is 79.0 Å². The van der Waals surface area contributed by atoms with Crippen molar-refractivity contribution in [2.45, 2.75) is 26.4 Å². The highest BCUT2D eigenvalue weighted by atomic mass is 16.5. The van der Waals surface area contributed by atoms with Crippen LogP contribution in [-0.4, -0.2) is 104 Å². The number of rotatable bonds is 5. The van der Waals surface area contributed by atoms with E-state index in [1.165, 1.54) is 5.56 Å². The summed E-state index contributed by atoms with van der Waals surface area (Å²) in [5, 5.41) is 10.1. The highest BCUT2D eigenvalue weighted by molar-refractivity contribution is 5.31. The average Bonchev–Trinajstić information content (AvgIpc) is 2.96. The van der Waals surface area contributed by atoms with Gasteiger partial charge < -0.3 is 24.1 Å². The lowest BCUT2D eigenvalue weighted by atomic mass is 10.00. The van der Waals surface area contributed by atoms with Crippen molar-refractivity contribution < 1.29 is 24.1 Å². The lowest BCUT2D eigenvalue weighted by Crippen LogP contribution is -2.36. The molecule has 1 aliphatic rings. The first-order valence-electron chi connectivity index (χ1n) is 14.5. The molecule has 4 rings (SSSR count). The van der Waals surface area contributed by atoms with E-state index < -0.39 is 0 Å². The number of ether oxygens (including phenoxy) is 4. The molecule has 41 heavy (non-hydrogen) atoms. The molecule has 1 aromatic carbocycles. The third kappa shape index (κ3) is 10.8. The average molecular weight is 565 g/mol. The molecule has 2 aromatic heterocycles. The summed E-state index contributed by atoms with van der Waals surface area (Å²) in [6.07, 6.45) is 0. The summed E-state index contributed by atoms with van der Waals surface area (Å²) >= 11 is 0. The SMILES string of the molecule is Cc1ccc(C(c2cccc(O)n2)N2CCOCCOCCN(Cc3cccc(C)n3)CCOCCOCC2)cc1. The normalized spacial score (nSPS) is 18.8. The van der Waals surface area contributed by atoms with Gasteiger partial charge in [0.2, 0.25) is 5.88 Å². The Morgan fingerprint density at radius 3 is 1.85 bits per heavy atom. The number of aromatic hydroxyl groups is 1. The van der Waals surface area contributed by atoms with Gasteiger partial charge in [-0.1, -0.05) is 42.0 Å². The van der Waals surface area contributed by atoms with Gasteiger partial charge in [0.1, 0.15) is 0 Å². The van der Waals surface area contributed by atoms with Crippen molar-refractivity contribution in [2.24, 2.45) is 0 Å². The van der Waals surface area contributed by atoms with Crippen molar-refractivity contribution in [1.82, 2.24) is 19.8 Å². The maximum atomic E-state index is 10.1. The quantitative estimate of drug-likeness (QED) is 0.497. The zero-order valence-corrected chi connectivity index (χ0v) is 24.4. The van der Waals surface area contributed by atoms with E-state index in [4.69, 9.17) is 18.9 Å². The van der Waals surface area contributed by atoms with Crippen LogP contribution in [0.15, 0.2) is 60.7 Å². The largest absolute Gasteiger partial charge is 0.493 e. The minimum absolute atomic E-state index is 0.0107. The molecule has 0 saturated carbocycles. The Balaban J connectivity index is 1.37. The standard InChI is InChI=1S/C32H44N4O5/c1-26-9-11-28(12-10-26)32(30-7-4-8-31(37)34-30)36-15-19-40-23-21-38-17-13-35(14-18-39-22-24-41-20-16-36)25-29-6-3-5-27(2)33-29/h3-12,32H,13-25H2,1-2H3,(H,34,37). The number of hydrogen-bond acceptors (Lipinski definition) is 9. The van der Waals surface area contributed by atoms with Crippen LogP contribution in [0.4, 0.5) is 0 Å². The van der Waals surface area contributed by atoms with Crippen molar-refractivity contribution in [3.8, 4) is 5.88 Å². The molecule has 0 aliphatic carbocycles. The van der Waals surface area contributed by atoms with E-state index in [9.17, 15) is 5.11 Å². The molecule has 1 N–H and O–H groups in total. The second kappa shape index (κ2) is 17.1. The molecule has 1 unspecified atom stereocenters. The molecule has 222 valence electrons. The maximum Gasteiger partial charge on any atom is 0.210 e. The molecule has 9 heteroatoms. The molecule has 3 aromatic rings. The topological polar surface area (TPSA) is 89.4 Å². The zero-order chi connectivity index (χ0) is 28.7. The van der Waals surface area contributed by atoms with Gasteiger partial charge in [-0.2, -0.15) is 0 Å². The predicted molar refractivity (Wildman–Crippen MR) is 158 cm³/mol. The Hall–Kier alpha value is -2.92. The van der Waals surface area contributed by atoms with Gasteiger partial charge in [0.15, 0.2) is 0 Å². The van der Waals surface area contributed by atoms with Gasteiger partial charge in [-0.15, -0.1) is 0 Å². The molecule has 1 saturated heterocycles. The number of benzene rings is 1. The van der Waals surface area contributed by atoms with Gasteiger partial charge in [-0.05, 0) is 37.6 Å². The minimum atomic E-state index is -0.151. The van der Waals surface area contributed by atoms with Gasteiger partial charge >= 0.3 is 0 Å². The molecule has 1 fully saturated rings. The van der Waals surface area contributed by atoms with Crippen molar-refractivity contribution in [3.05, 3.63) is 88.9 Å². The molecule has 0 amide bonds. The van der Waals surface area contributed by atoms with Gasteiger partial charge in [0.25, 0.3) is 0 Å². The Bertz CT molecular complexity index is 1140. The third-order valence-electron chi connectivity index (χ3n) is 7.02. The molecule has 0 spiro atoms. The number of aryl methyl sites for hydroxylation is 2. The smallest absolute Gasteiger partial charge is 0.210 e. The van der Waals surface area contributed by atoms with Crippen molar-refractivity contribution in [3.63, 3.8) is 0 Å². The van der Waals surface area contributed by atoms with E-state index in [1.54, 1.807) is 6.07 Å². The Kier molecular flexibility index (Phi) is 13.0. The molecule has 0 bridgehead atoms. The number of aromatic nitrogens is 2. The summed E-state index contributed by atoms with van der Waals surface area (Å²) in [5.74, 6) is 0.0107. The lowest BCUT2D eigenvalue weighted by Gasteiger charge is -2.32. The zero-order valence-electron chi connectivity index (χ0n) is 24.4. The molecule has 3 heterocycles. The Morgan fingerprint density at radius 1 is 0.683 bits per heavy atom. The van der Waals surface area contributed by atoms with Crippen molar-refractivity contribution in [1.29, 1.82) is 0 Å². The second-order valence-corrected chi connectivity index (χ2v) is 10.3. The maximum absolute atomic E-state index is 10.1. The van der Waals surface area contributed by atoms with Crippen LogP contribution >= 0.6 is 0 Å². The molecule has 1 atom stereocenters. The Morgan fingerprint density at radius 2 is 1.27 bits per heavy atom. The van der Waals surface area contributed by atoms with Crippen LogP contribution in [0.1, 0.15) is 34.3 Å². The summed E-state index contributed by atoms with van der Waals surface area (Å²) in [5.41, 5.74) is 5.15. The van der Waals surface area contributed by atoms with Gasteiger partial charge in [0, 0.05) is 44.5 Å². The lowest BCUT2D eigenvalue weighted by molar-refractivity contribution is 0.00331. The minimum Gasteiger partial charge on any atom is -0.493 e. The number of hydrogen-bond donors (Lipinski definition) is 1.